The van der Waals surface area contributed by atoms with E-state index in [1.807, 2.05) is 27.7 Å². The molecule has 0 fully saturated rings. The van der Waals surface area contributed by atoms with Crippen molar-refractivity contribution in [3.63, 3.8) is 0 Å². The van der Waals surface area contributed by atoms with E-state index >= 15 is 0 Å². The summed E-state index contributed by atoms with van der Waals surface area (Å²) in [4.78, 5) is 35.7. The highest BCUT2D eigenvalue weighted by Gasteiger charge is 2.22. The number of esters is 1. The Morgan fingerprint density at radius 1 is 1.26 bits per heavy atom. The topological polar surface area (TPSA) is 116 Å². The van der Waals surface area contributed by atoms with Crippen LogP contribution in [0, 0.1) is 10.1 Å². The lowest BCUT2D eigenvalue weighted by Crippen LogP contribution is -2.44. The lowest BCUT2D eigenvalue weighted by Gasteiger charge is -2.30. The summed E-state index contributed by atoms with van der Waals surface area (Å²) in [7, 11) is 0. The molecule has 0 bridgehead atoms. The summed E-state index contributed by atoms with van der Waals surface area (Å²) in [6, 6.07) is 3.40. The van der Waals surface area contributed by atoms with Crippen molar-refractivity contribution in [2.24, 2.45) is 0 Å². The fourth-order valence-corrected chi connectivity index (χ4v) is 2.30. The first-order chi connectivity index (χ1) is 10.6. The molecule has 23 heavy (non-hydrogen) atoms. The highest BCUT2D eigenvalue weighted by Crippen LogP contribution is 2.20. The smallest absolute Gasteiger partial charge is 0.340 e. The largest absolute Gasteiger partial charge is 0.452 e. The van der Waals surface area contributed by atoms with Crippen LogP contribution < -0.4 is 5.73 Å². The highest BCUT2D eigenvalue weighted by atomic mass is 16.6. The maximum Gasteiger partial charge on any atom is 0.340 e. The molecule has 0 atom stereocenters. The van der Waals surface area contributed by atoms with Crippen molar-refractivity contribution in [3.05, 3.63) is 33.9 Å². The van der Waals surface area contributed by atoms with E-state index in [0.717, 1.165) is 12.1 Å². The van der Waals surface area contributed by atoms with Crippen LogP contribution in [0.2, 0.25) is 0 Å². The quantitative estimate of drug-likeness (QED) is 0.370. The minimum absolute atomic E-state index is 0.0101. The Bertz CT molecular complexity index is 605. The minimum Gasteiger partial charge on any atom is -0.452 e. The molecule has 0 aromatic heterocycles. The molecule has 1 aromatic carbocycles. The van der Waals surface area contributed by atoms with Crippen molar-refractivity contribution in [3.8, 4) is 0 Å². The molecule has 0 spiro atoms. The van der Waals surface area contributed by atoms with Gasteiger partial charge in [0.05, 0.1) is 16.2 Å². The van der Waals surface area contributed by atoms with Crippen molar-refractivity contribution < 1.29 is 19.2 Å². The average molecular weight is 323 g/mol. The van der Waals surface area contributed by atoms with E-state index in [-0.39, 0.29) is 34.9 Å². The molecule has 8 nitrogen and oxygen atoms in total. The van der Waals surface area contributed by atoms with Gasteiger partial charge in [-0.25, -0.2) is 4.79 Å². The third-order valence-corrected chi connectivity index (χ3v) is 3.19. The van der Waals surface area contributed by atoms with Gasteiger partial charge in [-0.3, -0.25) is 14.9 Å². The molecular formula is C15H21N3O5. The Kier molecular flexibility index (Phi) is 6.06. The molecule has 1 amide bonds. The number of ether oxygens (including phenoxy) is 1. The van der Waals surface area contributed by atoms with Gasteiger partial charge < -0.3 is 15.4 Å². The van der Waals surface area contributed by atoms with Crippen LogP contribution in [-0.2, 0) is 9.53 Å². The van der Waals surface area contributed by atoms with E-state index in [1.165, 1.54) is 6.07 Å². The number of rotatable bonds is 6. The van der Waals surface area contributed by atoms with Crippen LogP contribution in [0.3, 0.4) is 0 Å². The molecule has 126 valence electrons. The van der Waals surface area contributed by atoms with E-state index in [2.05, 4.69) is 0 Å². The first kappa shape index (κ1) is 18.4. The molecule has 0 radical (unpaired) electrons. The highest BCUT2D eigenvalue weighted by molar-refractivity contribution is 5.96. The zero-order chi connectivity index (χ0) is 17.7. The number of nitrogens with zero attached hydrogens (tertiary/aromatic N) is 2. The SMILES string of the molecule is CC(C)N(C(=O)COC(=O)c1ccc([N+](=O)[O-])cc1N)C(C)C. The van der Waals surface area contributed by atoms with Crippen molar-refractivity contribution in [1.29, 1.82) is 0 Å². The number of carbonyl (C=O) groups excluding carboxylic acids is 2. The molecule has 0 saturated carbocycles. The van der Waals surface area contributed by atoms with Crippen molar-refractivity contribution >= 4 is 23.3 Å². The van der Waals surface area contributed by atoms with Gasteiger partial charge in [-0.2, -0.15) is 0 Å². The predicted octanol–water partition coefficient (Wildman–Crippen LogP) is 1.98. The van der Waals surface area contributed by atoms with Gasteiger partial charge in [0, 0.05) is 24.2 Å². The second-order valence-electron chi connectivity index (χ2n) is 5.59. The molecule has 8 heteroatoms. The van der Waals surface area contributed by atoms with E-state index in [4.69, 9.17) is 10.5 Å². The molecule has 0 heterocycles. The zero-order valence-corrected chi connectivity index (χ0v) is 13.6. The molecule has 0 aliphatic rings. The summed E-state index contributed by atoms with van der Waals surface area (Å²) < 4.78 is 4.97. The molecule has 2 N–H and O–H groups in total. The first-order valence-electron chi connectivity index (χ1n) is 7.17. The predicted molar refractivity (Wildman–Crippen MR) is 84.9 cm³/mol. The fourth-order valence-electron chi connectivity index (χ4n) is 2.30. The fraction of sp³-hybridized carbons (Fsp3) is 0.467. The molecule has 0 aliphatic heterocycles. The number of amides is 1. The number of nitro benzene ring substituents is 1. The second kappa shape index (κ2) is 7.57. The summed E-state index contributed by atoms with van der Waals surface area (Å²) in [5.41, 5.74) is 5.32. The van der Waals surface area contributed by atoms with Crippen LogP contribution >= 0.6 is 0 Å². The maximum atomic E-state index is 12.1. The minimum atomic E-state index is -0.793. The average Bonchev–Trinajstić information content (AvgIpc) is 2.43. The standard InChI is InChI=1S/C15H21N3O5/c1-9(2)17(10(3)4)14(19)8-23-15(20)12-6-5-11(18(21)22)7-13(12)16/h5-7,9-10H,8,16H2,1-4H3. The third-order valence-electron chi connectivity index (χ3n) is 3.19. The number of anilines is 1. The van der Waals surface area contributed by atoms with Gasteiger partial charge in [-0.05, 0) is 33.8 Å². The molecule has 0 aliphatic carbocycles. The van der Waals surface area contributed by atoms with Crippen LogP contribution in [0.15, 0.2) is 18.2 Å². The Balaban J connectivity index is 2.77. The number of hydrogen-bond acceptors (Lipinski definition) is 6. The Morgan fingerprint density at radius 3 is 2.26 bits per heavy atom. The number of benzene rings is 1. The monoisotopic (exact) mass is 323 g/mol. The van der Waals surface area contributed by atoms with Crippen molar-refractivity contribution in [2.75, 3.05) is 12.3 Å². The van der Waals surface area contributed by atoms with Crippen LogP contribution in [0.1, 0.15) is 38.1 Å². The molecular weight excluding hydrogens is 302 g/mol. The van der Waals surface area contributed by atoms with Gasteiger partial charge in [0.25, 0.3) is 11.6 Å². The van der Waals surface area contributed by atoms with Gasteiger partial charge in [-0.1, -0.05) is 0 Å². The maximum absolute atomic E-state index is 12.1. The van der Waals surface area contributed by atoms with Gasteiger partial charge in [-0.15, -0.1) is 0 Å². The van der Waals surface area contributed by atoms with Crippen LogP contribution in [0.25, 0.3) is 0 Å². The number of nitro groups is 1. The number of nitrogen functional groups attached to an aromatic ring is 1. The number of hydrogen-bond donors (Lipinski definition) is 1. The van der Waals surface area contributed by atoms with E-state index in [1.54, 1.807) is 4.90 Å². The number of nitrogens with two attached hydrogens (primary N) is 1. The first-order valence-corrected chi connectivity index (χ1v) is 7.17. The zero-order valence-electron chi connectivity index (χ0n) is 13.6. The molecule has 0 saturated heterocycles. The van der Waals surface area contributed by atoms with E-state index < -0.39 is 17.5 Å². The normalized spacial score (nSPS) is 10.7. The number of carbonyl (C=O) groups is 2. The molecule has 0 unspecified atom stereocenters. The van der Waals surface area contributed by atoms with Gasteiger partial charge in [0.2, 0.25) is 0 Å². The Hall–Kier alpha value is -2.64. The van der Waals surface area contributed by atoms with Gasteiger partial charge in [0.1, 0.15) is 0 Å². The molecule has 1 rings (SSSR count). The lowest BCUT2D eigenvalue weighted by molar-refractivity contribution is -0.384. The molecule has 1 aromatic rings. The summed E-state index contributed by atoms with van der Waals surface area (Å²) in [6.45, 7) is 7.07. The summed E-state index contributed by atoms with van der Waals surface area (Å²) >= 11 is 0. The Morgan fingerprint density at radius 2 is 1.83 bits per heavy atom. The van der Waals surface area contributed by atoms with Gasteiger partial charge in [0.15, 0.2) is 6.61 Å². The lowest BCUT2D eigenvalue weighted by atomic mass is 10.1. The number of non-ortho nitro benzene ring substituents is 1. The van der Waals surface area contributed by atoms with Crippen LogP contribution in [0.5, 0.6) is 0 Å². The summed E-state index contributed by atoms with van der Waals surface area (Å²) in [5.74, 6) is -1.11. The summed E-state index contributed by atoms with van der Waals surface area (Å²) in [6.07, 6.45) is 0. The van der Waals surface area contributed by atoms with Crippen LogP contribution in [0.4, 0.5) is 11.4 Å². The third kappa shape index (κ3) is 4.67. The van der Waals surface area contributed by atoms with Crippen LogP contribution in [-0.4, -0.2) is 40.4 Å². The summed E-state index contributed by atoms with van der Waals surface area (Å²) in [5, 5.41) is 10.6. The van der Waals surface area contributed by atoms with E-state index in [0.29, 0.717) is 0 Å². The van der Waals surface area contributed by atoms with Gasteiger partial charge >= 0.3 is 5.97 Å². The van der Waals surface area contributed by atoms with Crippen molar-refractivity contribution in [2.45, 2.75) is 39.8 Å². The Labute approximate surface area is 134 Å². The van der Waals surface area contributed by atoms with Crippen molar-refractivity contribution in [1.82, 2.24) is 4.90 Å². The second-order valence-corrected chi connectivity index (χ2v) is 5.59. The van der Waals surface area contributed by atoms with E-state index in [9.17, 15) is 19.7 Å².